The number of rotatable bonds is 6. The summed E-state index contributed by atoms with van der Waals surface area (Å²) in [5.41, 5.74) is 8.34. The van der Waals surface area contributed by atoms with Gasteiger partial charge in [0, 0.05) is 13.2 Å². The monoisotopic (exact) mass is 446 g/mol. The van der Waals surface area contributed by atoms with E-state index >= 15 is 0 Å². The number of aromatic nitrogens is 5. The van der Waals surface area contributed by atoms with E-state index in [1.54, 1.807) is 11.3 Å². The van der Waals surface area contributed by atoms with Gasteiger partial charge in [-0.2, -0.15) is 0 Å². The first-order chi connectivity index (χ1) is 14.2. The molecule has 1 unspecified atom stereocenters. The second kappa shape index (κ2) is 8.06. The number of fused-ring (bicyclic) bond motifs is 2. The average molecular weight is 447 g/mol. The summed E-state index contributed by atoms with van der Waals surface area (Å²) in [6.07, 6.45) is 6.17. The first kappa shape index (κ1) is 19.0. The van der Waals surface area contributed by atoms with Crippen LogP contribution in [0.1, 0.15) is 25.7 Å². The van der Waals surface area contributed by atoms with Gasteiger partial charge in [0.25, 0.3) is 0 Å². The molecule has 0 bridgehead atoms. The van der Waals surface area contributed by atoms with Crippen molar-refractivity contribution in [1.29, 1.82) is 0 Å². The van der Waals surface area contributed by atoms with E-state index in [2.05, 4.69) is 14.5 Å². The standard InChI is InChI=1S/C19H19ClN6OS2/c20-12-6-1-7-13-15(12)28-19(24-13)29-18-25-14-16(21)22-10-23-17(14)26(18)8-2-4-11-5-3-9-27-11/h1,6-7,10-11H,2-5,8-9H2,(H2,21,22,23). The van der Waals surface area contributed by atoms with E-state index in [4.69, 9.17) is 32.0 Å². The number of hydrogen-bond acceptors (Lipinski definition) is 8. The van der Waals surface area contributed by atoms with Crippen LogP contribution in [0.4, 0.5) is 5.82 Å². The lowest BCUT2D eigenvalue weighted by Gasteiger charge is -2.11. The van der Waals surface area contributed by atoms with Crippen LogP contribution in [0.15, 0.2) is 34.0 Å². The van der Waals surface area contributed by atoms with Crippen molar-refractivity contribution in [3.05, 3.63) is 29.5 Å². The van der Waals surface area contributed by atoms with E-state index in [0.29, 0.717) is 22.5 Å². The Bertz CT molecular complexity index is 1170. The van der Waals surface area contributed by atoms with Crippen LogP contribution in [-0.2, 0) is 11.3 Å². The largest absolute Gasteiger partial charge is 0.382 e. The Balaban J connectivity index is 1.46. The lowest BCUT2D eigenvalue weighted by molar-refractivity contribution is 0.101. The van der Waals surface area contributed by atoms with Gasteiger partial charge in [-0.3, -0.25) is 0 Å². The number of aryl methyl sites for hydroxylation is 1. The molecule has 150 valence electrons. The molecule has 1 fully saturated rings. The second-order valence-electron chi connectivity index (χ2n) is 6.92. The predicted octanol–water partition coefficient (Wildman–Crippen LogP) is 4.78. The van der Waals surface area contributed by atoms with Gasteiger partial charge in [-0.15, -0.1) is 11.3 Å². The second-order valence-corrected chi connectivity index (χ2v) is 9.54. The Labute approximate surface area is 180 Å². The summed E-state index contributed by atoms with van der Waals surface area (Å²) in [7, 11) is 0. The SMILES string of the molecule is Nc1ncnc2c1nc(Sc1nc3cccc(Cl)c3s1)n2CCCC1CCCO1. The molecule has 29 heavy (non-hydrogen) atoms. The van der Waals surface area contributed by atoms with Crippen LogP contribution in [-0.4, -0.2) is 37.2 Å². The Kier molecular flexibility index (Phi) is 5.29. The summed E-state index contributed by atoms with van der Waals surface area (Å²) in [5, 5.41) is 1.53. The number of benzene rings is 1. The van der Waals surface area contributed by atoms with E-state index in [-0.39, 0.29) is 0 Å². The normalized spacial score (nSPS) is 16.9. The minimum Gasteiger partial charge on any atom is -0.382 e. The molecule has 0 amide bonds. The van der Waals surface area contributed by atoms with Gasteiger partial charge in [0.1, 0.15) is 6.33 Å². The van der Waals surface area contributed by atoms with Crippen molar-refractivity contribution in [3.63, 3.8) is 0 Å². The van der Waals surface area contributed by atoms with E-state index in [9.17, 15) is 0 Å². The molecule has 5 rings (SSSR count). The third-order valence-electron chi connectivity index (χ3n) is 4.98. The summed E-state index contributed by atoms with van der Waals surface area (Å²) in [4.78, 5) is 18.0. The van der Waals surface area contributed by atoms with Gasteiger partial charge in [0.15, 0.2) is 26.5 Å². The maximum Gasteiger partial charge on any atom is 0.177 e. The fourth-order valence-electron chi connectivity index (χ4n) is 3.58. The van der Waals surface area contributed by atoms with E-state index in [0.717, 1.165) is 64.2 Å². The Hall–Kier alpha value is -1.94. The van der Waals surface area contributed by atoms with Crippen LogP contribution in [0, 0.1) is 0 Å². The predicted molar refractivity (Wildman–Crippen MR) is 117 cm³/mol. The van der Waals surface area contributed by atoms with Crippen molar-refractivity contribution >= 4 is 61.9 Å². The third kappa shape index (κ3) is 3.79. The van der Waals surface area contributed by atoms with Crippen molar-refractivity contribution < 1.29 is 4.74 Å². The minimum atomic E-state index is 0.368. The van der Waals surface area contributed by atoms with Crippen molar-refractivity contribution in [2.45, 2.75) is 47.8 Å². The molecular formula is C19H19ClN6OS2. The van der Waals surface area contributed by atoms with E-state index in [1.807, 2.05) is 18.2 Å². The summed E-state index contributed by atoms with van der Waals surface area (Å²) in [6, 6.07) is 5.76. The zero-order valence-corrected chi connectivity index (χ0v) is 17.9. The summed E-state index contributed by atoms with van der Waals surface area (Å²) in [5.74, 6) is 0.391. The summed E-state index contributed by atoms with van der Waals surface area (Å²) < 4.78 is 9.73. The van der Waals surface area contributed by atoms with Crippen LogP contribution >= 0.6 is 34.7 Å². The molecule has 0 aliphatic carbocycles. The molecule has 1 aromatic carbocycles. The first-order valence-corrected chi connectivity index (χ1v) is 11.5. The highest BCUT2D eigenvalue weighted by atomic mass is 35.5. The maximum atomic E-state index is 6.31. The lowest BCUT2D eigenvalue weighted by Crippen LogP contribution is -2.08. The smallest absolute Gasteiger partial charge is 0.177 e. The number of anilines is 1. The number of thiazole rings is 1. The highest BCUT2D eigenvalue weighted by Crippen LogP contribution is 2.38. The van der Waals surface area contributed by atoms with Crippen molar-refractivity contribution in [2.24, 2.45) is 0 Å². The summed E-state index contributed by atoms with van der Waals surface area (Å²) >= 11 is 9.39. The number of hydrogen-bond donors (Lipinski definition) is 1. The molecule has 10 heteroatoms. The Morgan fingerprint density at radius 2 is 2.24 bits per heavy atom. The van der Waals surface area contributed by atoms with Gasteiger partial charge in [0.2, 0.25) is 0 Å². The van der Waals surface area contributed by atoms with Crippen molar-refractivity contribution in [3.8, 4) is 0 Å². The molecule has 0 spiro atoms. The van der Waals surface area contributed by atoms with Crippen LogP contribution in [0.25, 0.3) is 21.4 Å². The summed E-state index contributed by atoms with van der Waals surface area (Å²) in [6.45, 7) is 1.67. The van der Waals surface area contributed by atoms with Gasteiger partial charge in [-0.05, 0) is 49.6 Å². The number of nitrogen functional groups attached to an aromatic ring is 1. The van der Waals surface area contributed by atoms with E-state index in [1.165, 1.54) is 18.1 Å². The molecule has 0 saturated carbocycles. The number of imidazole rings is 1. The number of ether oxygens (including phenoxy) is 1. The number of nitrogens with two attached hydrogens (primary N) is 1. The lowest BCUT2D eigenvalue weighted by atomic mass is 10.1. The minimum absolute atomic E-state index is 0.368. The van der Waals surface area contributed by atoms with Crippen molar-refractivity contribution in [2.75, 3.05) is 12.3 Å². The molecule has 1 aliphatic rings. The third-order valence-corrected chi connectivity index (χ3v) is 7.57. The Morgan fingerprint density at radius 3 is 3.07 bits per heavy atom. The highest BCUT2D eigenvalue weighted by molar-refractivity contribution is 8.01. The fourth-order valence-corrected chi connectivity index (χ4v) is 5.93. The molecule has 2 N–H and O–H groups in total. The fraction of sp³-hybridized carbons (Fsp3) is 0.368. The van der Waals surface area contributed by atoms with Gasteiger partial charge >= 0.3 is 0 Å². The van der Waals surface area contributed by atoms with Gasteiger partial charge in [-0.25, -0.2) is 19.9 Å². The van der Waals surface area contributed by atoms with Crippen LogP contribution < -0.4 is 5.73 Å². The van der Waals surface area contributed by atoms with Crippen molar-refractivity contribution in [1.82, 2.24) is 24.5 Å². The number of nitrogens with zero attached hydrogens (tertiary/aromatic N) is 5. The van der Waals surface area contributed by atoms with Gasteiger partial charge in [-0.1, -0.05) is 17.7 Å². The molecule has 1 saturated heterocycles. The molecule has 7 nitrogen and oxygen atoms in total. The zero-order valence-electron chi connectivity index (χ0n) is 15.5. The Morgan fingerprint density at radius 1 is 1.31 bits per heavy atom. The molecule has 1 aliphatic heterocycles. The average Bonchev–Trinajstić information content (AvgIpc) is 3.43. The molecule has 1 atom stereocenters. The molecule has 4 heterocycles. The van der Waals surface area contributed by atoms with Gasteiger partial charge < -0.3 is 15.0 Å². The highest BCUT2D eigenvalue weighted by Gasteiger charge is 2.19. The molecule has 0 radical (unpaired) electrons. The molecular weight excluding hydrogens is 428 g/mol. The van der Waals surface area contributed by atoms with Gasteiger partial charge in [0.05, 0.1) is 21.3 Å². The van der Waals surface area contributed by atoms with E-state index < -0.39 is 0 Å². The quantitative estimate of drug-likeness (QED) is 0.455. The van der Waals surface area contributed by atoms with Crippen LogP contribution in [0.3, 0.4) is 0 Å². The maximum absolute atomic E-state index is 6.31. The first-order valence-electron chi connectivity index (χ1n) is 9.50. The topological polar surface area (TPSA) is 91.7 Å². The van der Waals surface area contributed by atoms with Crippen LogP contribution in [0.5, 0.6) is 0 Å². The molecule has 3 aromatic heterocycles. The number of halogens is 1. The van der Waals surface area contributed by atoms with Crippen LogP contribution in [0.2, 0.25) is 5.02 Å². The zero-order chi connectivity index (χ0) is 19.8. The molecule has 4 aromatic rings.